The third-order valence-corrected chi connectivity index (χ3v) is 4.93. The number of ether oxygens (including phenoxy) is 2. The number of carbonyl (C=O) groups excluding carboxylic acids is 3. The fourth-order valence-corrected chi connectivity index (χ4v) is 3.32. The van der Waals surface area contributed by atoms with Crippen molar-refractivity contribution in [2.24, 2.45) is 5.92 Å². The summed E-state index contributed by atoms with van der Waals surface area (Å²) in [7, 11) is 1.57. The van der Waals surface area contributed by atoms with Crippen LogP contribution >= 0.6 is 0 Å². The summed E-state index contributed by atoms with van der Waals surface area (Å²) < 4.78 is 10.3. The Morgan fingerprint density at radius 1 is 1.10 bits per heavy atom. The molecule has 0 aromatic heterocycles. The van der Waals surface area contributed by atoms with E-state index in [1.807, 2.05) is 32.0 Å². The van der Waals surface area contributed by atoms with Crippen molar-refractivity contribution in [1.29, 1.82) is 0 Å². The number of hydrogen-bond acceptors (Lipinski definition) is 5. The quantitative estimate of drug-likeness (QED) is 0.759. The molecule has 152 valence electrons. The van der Waals surface area contributed by atoms with Crippen molar-refractivity contribution in [1.82, 2.24) is 0 Å². The number of amides is 2. The maximum Gasteiger partial charge on any atom is 0.311 e. The van der Waals surface area contributed by atoms with Crippen LogP contribution in [0.3, 0.4) is 0 Å². The maximum absolute atomic E-state index is 12.4. The van der Waals surface area contributed by atoms with Crippen LogP contribution in [0.25, 0.3) is 0 Å². The number of carbonyl (C=O) groups is 3. The standard InChI is InChI=1S/C22H24N2O5/c1-14-5-4-6-15(2)21(14)23-19(25)13-29-22(27)16-11-20(26)24(12-16)17-7-9-18(28-3)10-8-17/h4-10,16H,11-13H2,1-3H3,(H,23,25)/t16-/m0/s1. The SMILES string of the molecule is COc1ccc(N2C[C@@H](C(=O)OCC(=O)Nc3c(C)cccc3C)CC2=O)cc1. The molecular weight excluding hydrogens is 372 g/mol. The summed E-state index contributed by atoms with van der Waals surface area (Å²) in [5.74, 6) is -1.03. The molecule has 1 aliphatic rings. The van der Waals surface area contributed by atoms with Gasteiger partial charge in [-0.15, -0.1) is 0 Å². The van der Waals surface area contributed by atoms with Gasteiger partial charge in [-0.1, -0.05) is 18.2 Å². The molecule has 1 N–H and O–H groups in total. The second-order valence-electron chi connectivity index (χ2n) is 7.03. The number of nitrogens with one attached hydrogen (secondary N) is 1. The second-order valence-corrected chi connectivity index (χ2v) is 7.03. The molecule has 1 atom stereocenters. The fraction of sp³-hybridized carbons (Fsp3) is 0.318. The fourth-order valence-electron chi connectivity index (χ4n) is 3.32. The van der Waals surface area contributed by atoms with E-state index in [9.17, 15) is 14.4 Å². The number of anilines is 2. The Balaban J connectivity index is 1.54. The van der Waals surface area contributed by atoms with Gasteiger partial charge >= 0.3 is 5.97 Å². The van der Waals surface area contributed by atoms with Gasteiger partial charge in [-0.3, -0.25) is 14.4 Å². The Kier molecular flexibility index (Phi) is 6.16. The molecule has 0 bridgehead atoms. The molecule has 3 rings (SSSR count). The molecule has 1 fully saturated rings. The lowest BCUT2D eigenvalue weighted by atomic mass is 10.1. The first-order valence-corrected chi connectivity index (χ1v) is 9.36. The summed E-state index contributed by atoms with van der Waals surface area (Å²) in [5, 5.41) is 2.77. The molecule has 1 heterocycles. The molecule has 2 aromatic carbocycles. The van der Waals surface area contributed by atoms with Gasteiger partial charge in [-0.25, -0.2) is 0 Å². The largest absolute Gasteiger partial charge is 0.497 e. The van der Waals surface area contributed by atoms with Crippen LogP contribution in [0.2, 0.25) is 0 Å². The molecule has 0 saturated carbocycles. The minimum atomic E-state index is -0.599. The van der Waals surface area contributed by atoms with E-state index in [4.69, 9.17) is 9.47 Å². The van der Waals surface area contributed by atoms with Gasteiger partial charge in [-0.2, -0.15) is 0 Å². The molecule has 7 heteroatoms. The third kappa shape index (κ3) is 4.74. The van der Waals surface area contributed by atoms with Crippen LogP contribution in [0.1, 0.15) is 17.5 Å². The monoisotopic (exact) mass is 396 g/mol. The summed E-state index contributed by atoms with van der Waals surface area (Å²) in [6.07, 6.45) is 0.0589. The van der Waals surface area contributed by atoms with Gasteiger partial charge < -0.3 is 19.7 Å². The molecule has 0 spiro atoms. The van der Waals surface area contributed by atoms with Crippen molar-refractivity contribution in [2.75, 3.05) is 30.5 Å². The zero-order valence-corrected chi connectivity index (χ0v) is 16.7. The second kappa shape index (κ2) is 8.77. The minimum absolute atomic E-state index is 0.0589. The third-order valence-electron chi connectivity index (χ3n) is 4.93. The van der Waals surface area contributed by atoms with Crippen molar-refractivity contribution >= 4 is 29.2 Å². The number of aryl methyl sites for hydroxylation is 2. The lowest BCUT2D eigenvalue weighted by molar-refractivity contribution is -0.151. The van der Waals surface area contributed by atoms with Gasteiger partial charge in [0.2, 0.25) is 5.91 Å². The van der Waals surface area contributed by atoms with E-state index in [1.54, 1.807) is 36.3 Å². The molecule has 0 unspecified atom stereocenters. The van der Waals surface area contributed by atoms with Crippen LogP contribution < -0.4 is 15.0 Å². The molecule has 29 heavy (non-hydrogen) atoms. The van der Waals surface area contributed by atoms with Gasteiger partial charge in [0.15, 0.2) is 6.61 Å². The molecule has 0 aliphatic carbocycles. The number of nitrogens with zero attached hydrogens (tertiary/aromatic N) is 1. The highest BCUT2D eigenvalue weighted by molar-refractivity contribution is 6.00. The number of hydrogen-bond donors (Lipinski definition) is 1. The lowest BCUT2D eigenvalue weighted by Crippen LogP contribution is -2.28. The van der Waals surface area contributed by atoms with Crippen LogP contribution in [0.5, 0.6) is 5.75 Å². The summed E-state index contributed by atoms with van der Waals surface area (Å²) in [6.45, 7) is 3.63. The number of methoxy groups -OCH3 is 1. The van der Waals surface area contributed by atoms with Crippen LogP contribution in [0.4, 0.5) is 11.4 Å². The first-order chi connectivity index (χ1) is 13.9. The summed E-state index contributed by atoms with van der Waals surface area (Å²) in [4.78, 5) is 38.4. The average molecular weight is 396 g/mol. The molecule has 0 radical (unpaired) electrons. The van der Waals surface area contributed by atoms with Crippen LogP contribution in [-0.2, 0) is 19.1 Å². The van der Waals surface area contributed by atoms with Gasteiger partial charge in [0.25, 0.3) is 5.91 Å². The van der Waals surface area contributed by atoms with E-state index in [2.05, 4.69) is 5.32 Å². The Hall–Kier alpha value is -3.35. The lowest BCUT2D eigenvalue weighted by Gasteiger charge is -2.17. The zero-order chi connectivity index (χ0) is 21.0. The van der Waals surface area contributed by atoms with E-state index in [-0.39, 0.29) is 25.5 Å². The van der Waals surface area contributed by atoms with Crippen LogP contribution in [0, 0.1) is 19.8 Å². The maximum atomic E-state index is 12.4. The van der Waals surface area contributed by atoms with E-state index in [0.29, 0.717) is 11.4 Å². The number of para-hydroxylation sites is 1. The smallest absolute Gasteiger partial charge is 0.311 e. The molecule has 7 nitrogen and oxygen atoms in total. The van der Waals surface area contributed by atoms with Gasteiger partial charge in [0.1, 0.15) is 5.75 Å². The first-order valence-electron chi connectivity index (χ1n) is 9.36. The molecule has 1 saturated heterocycles. The Bertz CT molecular complexity index is 903. The number of rotatable bonds is 6. The van der Waals surface area contributed by atoms with Crippen molar-refractivity contribution in [3.63, 3.8) is 0 Å². The average Bonchev–Trinajstić information content (AvgIpc) is 3.11. The predicted octanol–water partition coefficient (Wildman–Crippen LogP) is 2.85. The van der Waals surface area contributed by atoms with E-state index in [1.165, 1.54) is 0 Å². The molecule has 2 amide bonds. The van der Waals surface area contributed by atoms with Crippen LogP contribution in [0.15, 0.2) is 42.5 Å². The Morgan fingerprint density at radius 2 is 1.76 bits per heavy atom. The summed E-state index contributed by atoms with van der Waals surface area (Å²) >= 11 is 0. The normalized spacial score (nSPS) is 15.9. The summed E-state index contributed by atoms with van der Waals surface area (Å²) in [6, 6.07) is 12.7. The Labute approximate surface area is 169 Å². The Morgan fingerprint density at radius 3 is 2.38 bits per heavy atom. The minimum Gasteiger partial charge on any atom is -0.497 e. The highest BCUT2D eigenvalue weighted by atomic mass is 16.5. The first kappa shape index (κ1) is 20.4. The van der Waals surface area contributed by atoms with E-state index in [0.717, 1.165) is 16.8 Å². The van der Waals surface area contributed by atoms with Crippen molar-refractivity contribution in [3.05, 3.63) is 53.6 Å². The van der Waals surface area contributed by atoms with Crippen molar-refractivity contribution in [2.45, 2.75) is 20.3 Å². The molecule has 2 aromatic rings. The van der Waals surface area contributed by atoms with Crippen LogP contribution in [-0.4, -0.2) is 38.0 Å². The van der Waals surface area contributed by atoms with Gasteiger partial charge in [-0.05, 0) is 49.2 Å². The predicted molar refractivity (Wildman–Crippen MR) is 109 cm³/mol. The van der Waals surface area contributed by atoms with Gasteiger partial charge in [0.05, 0.1) is 13.0 Å². The highest BCUT2D eigenvalue weighted by Crippen LogP contribution is 2.27. The number of esters is 1. The topological polar surface area (TPSA) is 84.9 Å². The zero-order valence-electron chi connectivity index (χ0n) is 16.7. The van der Waals surface area contributed by atoms with Crippen molar-refractivity contribution in [3.8, 4) is 5.75 Å². The van der Waals surface area contributed by atoms with E-state index >= 15 is 0 Å². The molecular formula is C22H24N2O5. The van der Waals surface area contributed by atoms with Gasteiger partial charge in [0, 0.05) is 24.3 Å². The van der Waals surface area contributed by atoms with Crippen molar-refractivity contribution < 1.29 is 23.9 Å². The molecule has 1 aliphatic heterocycles. The highest BCUT2D eigenvalue weighted by Gasteiger charge is 2.36. The van der Waals surface area contributed by atoms with E-state index < -0.39 is 17.8 Å². The summed E-state index contributed by atoms with van der Waals surface area (Å²) in [5.41, 5.74) is 3.27. The number of benzene rings is 2.